The molecule has 1 aliphatic heterocycles. The SMILES string of the molecule is CSc1ccc(C(=O)N2CCC(n3ncc(C(=O)O)c3C)CC2)o1. The maximum atomic E-state index is 12.5. The Morgan fingerprint density at radius 1 is 1.33 bits per heavy atom. The highest BCUT2D eigenvalue weighted by Crippen LogP contribution is 2.26. The first kappa shape index (κ1) is 16.6. The van der Waals surface area contributed by atoms with Crippen molar-refractivity contribution in [3.63, 3.8) is 0 Å². The third-order valence-corrected chi connectivity index (χ3v) is 4.99. The lowest BCUT2D eigenvalue weighted by Gasteiger charge is -2.32. The van der Waals surface area contributed by atoms with Crippen LogP contribution in [0.4, 0.5) is 0 Å². The number of rotatable bonds is 4. The Kier molecular flexibility index (Phi) is 4.66. The molecule has 24 heavy (non-hydrogen) atoms. The van der Waals surface area contributed by atoms with Gasteiger partial charge in [0.05, 0.1) is 17.9 Å². The molecule has 0 aromatic carbocycles. The van der Waals surface area contributed by atoms with Gasteiger partial charge >= 0.3 is 5.97 Å². The summed E-state index contributed by atoms with van der Waals surface area (Å²) in [5.74, 6) is -0.702. The summed E-state index contributed by atoms with van der Waals surface area (Å²) in [7, 11) is 0. The minimum absolute atomic E-state index is 0.0998. The molecule has 3 heterocycles. The standard InChI is InChI=1S/C16H19N3O4S/c1-10-12(16(21)22)9-17-19(10)11-5-7-18(8-6-11)15(20)13-3-4-14(23-13)24-2/h3-4,9,11H,5-8H2,1-2H3,(H,21,22). The van der Waals surface area contributed by atoms with Gasteiger partial charge in [-0.15, -0.1) is 0 Å². The zero-order chi connectivity index (χ0) is 17.3. The molecular formula is C16H19N3O4S. The van der Waals surface area contributed by atoms with Crippen LogP contribution in [0.2, 0.25) is 0 Å². The van der Waals surface area contributed by atoms with E-state index in [-0.39, 0.29) is 17.5 Å². The van der Waals surface area contributed by atoms with E-state index in [9.17, 15) is 9.59 Å². The van der Waals surface area contributed by atoms with E-state index < -0.39 is 5.97 Å². The molecule has 0 saturated carbocycles. The number of hydrogen-bond donors (Lipinski definition) is 1. The fourth-order valence-corrected chi connectivity index (χ4v) is 3.39. The van der Waals surface area contributed by atoms with Crippen molar-refractivity contribution in [3.05, 3.63) is 35.3 Å². The lowest BCUT2D eigenvalue weighted by Crippen LogP contribution is -2.39. The first-order chi connectivity index (χ1) is 11.5. The van der Waals surface area contributed by atoms with Crippen molar-refractivity contribution in [3.8, 4) is 0 Å². The summed E-state index contributed by atoms with van der Waals surface area (Å²) >= 11 is 1.46. The van der Waals surface area contributed by atoms with Crippen molar-refractivity contribution in [2.75, 3.05) is 19.3 Å². The van der Waals surface area contributed by atoms with E-state index in [2.05, 4.69) is 5.10 Å². The van der Waals surface area contributed by atoms with Crippen LogP contribution in [0.1, 0.15) is 45.5 Å². The van der Waals surface area contributed by atoms with Crippen molar-refractivity contribution < 1.29 is 19.1 Å². The maximum Gasteiger partial charge on any atom is 0.339 e. The van der Waals surface area contributed by atoms with Gasteiger partial charge in [-0.25, -0.2) is 4.79 Å². The average Bonchev–Trinajstić information content (AvgIpc) is 3.21. The summed E-state index contributed by atoms with van der Waals surface area (Å²) in [6.45, 7) is 2.96. The smallest absolute Gasteiger partial charge is 0.339 e. The van der Waals surface area contributed by atoms with E-state index in [0.29, 0.717) is 24.5 Å². The molecule has 1 saturated heterocycles. The van der Waals surface area contributed by atoms with E-state index >= 15 is 0 Å². The Bertz CT molecular complexity index is 759. The van der Waals surface area contributed by atoms with Gasteiger partial charge in [0, 0.05) is 13.1 Å². The van der Waals surface area contributed by atoms with Gasteiger partial charge in [-0.05, 0) is 38.2 Å². The van der Waals surface area contributed by atoms with Crippen LogP contribution >= 0.6 is 11.8 Å². The van der Waals surface area contributed by atoms with E-state index in [1.807, 2.05) is 6.26 Å². The van der Waals surface area contributed by atoms with Gasteiger partial charge in [0.25, 0.3) is 5.91 Å². The van der Waals surface area contributed by atoms with Crippen molar-refractivity contribution in [2.24, 2.45) is 0 Å². The molecule has 1 aliphatic rings. The first-order valence-corrected chi connectivity index (χ1v) is 8.94. The summed E-state index contributed by atoms with van der Waals surface area (Å²) in [6.07, 6.45) is 4.77. The monoisotopic (exact) mass is 349 g/mol. The van der Waals surface area contributed by atoms with E-state index in [0.717, 1.165) is 17.9 Å². The minimum atomic E-state index is -0.964. The van der Waals surface area contributed by atoms with Crippen LogP contribution in [-0.4, -0.2) is 51.0 Å². The number of hydrogen-bond acceptors (Lipinski definition) is 5. The normalized spacial score (nSPS) is 15.7. The number of amides is 1. The maximum absolute atomic E-state index is 12.5. The predicted molar refractivity (Wildman–Crippen MR) is 88.6 cm³/mol. The summed E-state index contributed by atoms with van der Waals surface area (Å²) in [5, 5.41) is 14.1. The molecule has 2 aromatic heterocycles. The number of aromatic carboxylic acids is 1. The van der Waals surface area contributed by atoms with Crippen molar-refractivity contribution in [1.29, 1.82) is 0 Å². The molecular weight excluding hydrogens is 330 g/mol. The van der Waals surface area contributed by atoms with Crippen LogP contribution < -0.4 is 0 Å². The second-order valence-corrected chi connectivity index (χ2v) is 6.55. The van der Waals surface area contributed by atoms with Crippen molar-refractivity contribution >= 4 is 23.6 Å². The van der Waals surface area contributed by atoms with E-state index in [1.54, 1.807) is 28.6 Å². The first-order valence-electron chi connectivity index (χ1n) is 7.71. The Morgan fingerprint density at radius 3 is 2.58 bits per heavy atom. The number of carbonyl (C=O) groups is 2. The molecule has 0 spiro atoms. The van der Waals surface area contributed by atoms with Crippen LogP contribution in [0, 0.1) is 6.92 Å². The van der Waals surface area contributed by atoms with Crippen LogP contribution in [0.5, 0.6) is 0 Å². The van der Waals surface area contributed by atoms with Gasteiger partial charge in [-0.3, -0.25) is 9.48 Å². The highest BCUT2D eigenvalue weighted by Gasteiger charge is 2.28. The Labute approximate surface area is 143 Å². The lowest BCUT2D eigenvalue weighted by molar-refractivity contribution is 0.0651. The third-order valence-electron chi connectivity index (χ3n) is 4.37. The van der Waals surface area contributed by atoms with Gasteiger partial charge in [0.1, 0.15) is 5.56 Å². The molecule has 1 amide bonds. The van der Waals surface area contributed by atoms with Gasteiger partial charge < -0.3 is 14.4 Å². The number of thioether (sulfide) groups is 1. The molecule has 0 bridgehead atoms. The molecule has 0 aliphatic carbocycles. The fourth-order valence-electron chi connectivity index (χ4n) is 3.02. The second kappa shape index (κ2) is 6.72. The summed E-state index contributed by atoms with van der Waals surface area (Å²) in [6, 6.07) is 3.61. The number of piperidine rings is 1. The van der Waals surface area contributed by atoms with Crippen molar-refractivity contribution in [1.82, 2.24) is 14.7 Å². The number of carboxylic acid groups (broad SMARTS) is 1. The lowest BCUT2D eigenvalue weighted by atomic mass is 10.0. The molecule has 2 aromatic rings. The quantitative estimate of drug-likeness (QED) is 0.854. The Hall–Kier alpha value is -2.22. The number of carboxylic acids is 1. The molecule has 0 radical (unpaired) electrons. The van der Waals surface area contributed by atoms with Crippen molar-refractivity contribution in [2.45, 2.75) is 30.9 Å². The molecule has 1 N–H and O–H groups in total. The molecule has 0 unspecified atom stereocenters. The summed E-state index contributed by atoms with van der Waals surface area (Å²) in [5.41, 5.74) is 0.886. The van der Waals surface area contributed by atoms with Gasteiger partial charge in [0.2, 0.25) is 0 Å². The molecule has 8 heteroatoms. The molecule has 3 rings (SSSR count). The topological polar surface area (TPSA) is 88.6 Å². The fraction of sp³-hybridized carbons (Fsp3) is 0.438. The number of carbonyl (C=O) groups excluding carboxylic acids is 1. The van der Waals surface area contributed by atoms with E-state index in [4.69, 9.17) is 9.52 Å². The molecule has 0 atom stereocenters. The third kappa shape index (κ3) is 3.06. The van der Waals surface area contributed by atoms with Gasteiger partial charge in [0.15, 0.2) is 10.9 Å². The Balaban J connectivity index is 1.65. The van der Waals surface area contributed by atoms with Crippen LogP contribution in [0.15, 0.2) is 27.8 Å². The predicted octanol–water partition coefficient (Wildman–Crippen LogP) is 2.68. The van der Waals surface area contributed by atoms with Crippen LogP contribution in [0.3, 0.4) is 0 Å². The van der Waals surface area contributed by atoms with Crippen LogP contribution in [0.25, 0.3) is 0 Å². The molecule has 1 fully saturated rings. The highest BCUT2D eigenvalue weighted by molar-refractivity contribution is 7.98. The second-order valence-electron chi connectivity index (χ2n) is 5.74. The number of nitrogens with zero attached hydrogens (tertiary/aromatic N) is 3. The zero-order valence-electron chi connectivity index (χ0n) is 13.6. The largest absolute Gasteiger partial charge is 0.478 e. The highest BCUT2D eigenvalue weighted by atomic mass is 32.2. The van der Waals surface area contributed by atoms with E-state index in [1.165, 1.54) is 18.0 Å². The summed E-state index contributed by atoms with van der Waals surface area (Å²) in [4.78, 5) is 25.4. The molecule has 128 valence electrons. The molecule has 7 nitrogen and oxygen atoms in total. The number of likely N-dealkylation sites (tertiary alicyclic amines) is 1. The Morgan fingerprint density at radius 2 is 2.04 bits per heavy atom. The number of furan rings is 1. The number of aromatic nitrogens is 2. The zero-order valence-corrected chi connectivity index (χ0v) is 14.4. The summed E-state index contributed by atoms with van der Waals surface area (Å²) < 4.78 is 7.26. The van der Waals surface area contributed by atoms with Gasteiger partial charge in [-0.2, -0.15) is 5.10 Å². The van der Waals surface area contributed by atoms with Crippen LogP contribution in [-0.2, 0) is 0 Å². The average molecular weight is 349 g/mol. The minimum Gasteiger partial charge on any atom is -0.478 e. The van der Waals surface area contributed by atoms with Gasteiger partial charge in [-0.1, -0.05) is 11.8 Å².